The zero-order valence-corrected chi connectivity index (χ0v) is 16.8. The fraction of sp³-hybridized carbons (Fsp3) is 0.316. The molecule has 156 valence electrons. The van der Waals surface area contributed by atoms with Gasteiger partial charge in [0.15, 0.2) is 11.6 Å². The summed E-state index contributed by atoms with van der Waals surface area (Å²) in [4.78, 5) is 13.0. The van der Waals surface area contributed by atoms with Gasteiger partial charge in [-0.15, -0.1) is 0 Å². The fourth-order valence-electron chi connectivity index (χ4n) is 3.29. The summed E-state index contributed by atoms with van der Waals surface area (Å²) in [5.74, 6) is -3.18. The molecule has 29 heavy (non-hydrogen) atoms. The van der Waals surface area contributed by atoms with E-state index in [0.717, 1.165) is 18.2 Å². The van der Waals surface area contributed by atoms with Gasteiger partial charge in [-0.3, -0.25) is 4.90 Å². The maximum Gasteiger partial charge on any atom is 0.337 e. The van der Waals surface area contributed by atoms with E-state index in [1.54, 1.807) is 0 Å². The van der Waals surface area contributed by atoms with E-state index < -0.39 is 27.6 Å². The first-order valence-electron chi connectivity index (χ1n) is 8.87. The lowest BCUT2D eigenvalue weighted by atomic mass is 10.1. The Morgan fingerprint density at radius 1 is 1.14 bits per heavy atom. The van der Waals surface area contributed by atoms with E-state index in [1.807, 2.05) is 4.90 Å². The zero-order valence-electron chi connectivity index (χ0n) is 15.2. The molecule has 2 aromatic carbocycles. The summed E-state index contributed by atoms with van der Waals surface area (Å²) in [7, 11) is -4.04. The zero-order chi connectivity index (χ0) is 21.2. The molecule has 0 radical (unpaired) electrons. The Morgan fingerprint density at radius 2 is 1.83 bits per heavy atom. The van der Waals surface area contributed by atoms with E-state index in [4.69, 9.17) is 11.6 Å². The molecule has 0 aromatic heterocycles. The number of carboxylic acids is 1. The number of carboxylic acid groups (broad SMARTS) is 1. The summed E-state index contributed by atoms with van der Waals surface area (Å²) in [6.45, 7) is 1.54. The molecule has 0 atom stereocenters. The Balaban J connectivity index is 1.63. The van der Waals surface area contributed by atoms with Gasteiger partial charge in [-0.25, -0.2) is 26.7 Å². The van der Waals surface area contributed by atoms with Gasteiger partial charge in [0.1, 0.15) is 0 Å². The molecule has 2 aromatic rings. The number of carbonyl (C=O) groups is 1. The Kier molecular flexibility index (Phi) is 6.52. The van der Waals surface area contributed by atoms with Crippen molar-refractivity contribution in [1.82, 2.24) is 9.62 Å². The van der Waals surface area contributed by atoms with Crippen molar-refractivity contribution in [2.45, 2.75) is 30.3 Å². The van der Waals surface area contributed by atoms with Crippen molar-refractivity contribution in [1.29, 1.82) is 0 Å². The third kappa shape index (κ3) is 5.30. The number of benzene rings is 2. The van der Waals surface area contributed by atoms with Gasteiger partial charge in [0.2, 0.25) is 10.0 Å². The maximum absolute atomic E-state index is 13.3. The molecule has 0 aliphatic carbocycles. The molecule has 0 bridgehead atoms. The van der Waals surface area contributed by atoms with E-state index in [9.17, 15) is 27.1 Å². The lowest BCUT2D eigenvalue weighted by Gasteiger charge is -2.32. The highest BCUT2D eigenvalue weighted by atomic mass is 35.5. The average Bonchev–Trinajstić information content (AvgIpc) is 2.66. The van der Waals surface area contributed by atoms with Gasteiger partial charge >= 0.3 is 5.97 Å². The van der Waals surface area contributed by atoms with Crippen molar-refractivity contribution < 1.29 is 27.1 Å². The van der Waals surface area contributed by atoms with Crippen LogP contribution in [0.2, 0.25) is 5.02 Å². The van der Waals surface area contributed by atoms with E-state index in [2.05, 4.69) is 4.72 Å². The van der Waals surface area contributed by atoms with Gasteiger partial charge in [0.05, 0.1) is 10.5 Å². The van der Waals surface area contributed by atoms with Gasteiger partial charge in [0, 0.05) is 30.7 Å². The highest BCUT2D eigenvalue weighted by Gasteiger charge is 2.28. The molecule has 3 rings (SSSR count). The number of sulfonamides is 1. The topological polar surface area (TPSA) is 86.7 Å². The van der Waals surface area contributed by atoms with Crippen LogP contribution in [-0.4, -0.2) is 43.5 Å². The minimum atomic E-state index is -4.04. The largest absolute Gasteiger partial charge is 0.478 e. The molecule has 1 aliphatic rings. The first kappa shape index (κ1) is 21.6. The minimum Gasteiger partial charge on any atom is -0.478 e. The predicted octanol–water partition coefficient (Wildman–Crippen LogP) is 3.26. The van der Waals surface area contributed by atoms with Crippen molar-refractivity contribution in [3.8, 4) is 0 Å². The van der Waals surface area contributed by atoms with E-state index in [1.165, 1.54) is 18.2 Å². The average molecular weight is 445 g/mol. The van der Waals surface area contributed by atoms with Crippen LogP contribution < -0.4 is 4.72 Å². The second-order valence-corrected chi connectivity index (χ2v) is 8.98. The van der Waals surface area contributed by atoms with Crippen molar-refractivity contribution in [2.75, 3.05) is 13.1 Å². The van der Waals surface area contributed by atoms with E-state index in [0.29, 0.717) is 38.0 Å². The molecule has 1 fully saturated rings. The standard InChI is InChI=1S/C19H19ClF2N2O4S/c20-13-2-4-18(15(10-13)19(25)26)29(27,28)23-14-5-7-24(8-6-14)11-12-1-3-16(21)17(22)9-12/h1-4,9-10,14,23H,5-8,11H2,(H,25,26). The van der Waals surface area contributed by atoms with Crippen LogP contribution in [0.1, 0.15) is 28.8 Å². The number of hydrogen-bond donors (Lipinski definition) is 2. The predicted molar refractivity (Wildman–Crippen MR) is 103 cm³/mol. The number of aromatic carboxylic acids is 1. The maximum atomic E-state index is 13.3. The molecule has 0 spiro atoms. The van der Waals surface area contributed by atoms with Crippen LogP contribution in [0.4, 0.5) is 8.78 Å². The van der Waals surface area contributed by atoms with Crippen molar-refractivity contribution in [3.05, 3.63) is 64.2 Å². The molecule has 2 N–H and O–H groups in total. The summed E-state index contributed by atoms with van der Waals surface area (Å²) in [5.41, 5.74) is 0.246. The smallest absolute Gasteiger partial charge is 0.337 e. The first-order valence-corrected chi connectivity index (χ1v) is 10.7. The Bertz CT molecular complexity index is 1020. The highest BCUT2D eigenvalue weighted by molar-refractivity contribution is 7.89. The Hall–Kier alpha value is -2.07. The second-order valence-electron chi connectivity index (χ2n) is 6.87. The van der Waals surface area contributed by atoms with Gasteiger partial charge in [0.25, 0.3) is 0 Å². The first-order chi connectivity index (χ1) is 13.7. The number of halogens is 3. The van der Waals surface area contributed by atoms with Crippen molar-refractivity contribution in [3.63, 3.8) is 0 Å². The number of piperidine rings is 1. The lowest BCUT2D eigenvalue weighted by Crippen LogP contribution is -2.44. The molecular weight excluding hydrogens is 426 g/mol. The molecule has 0 saturated carbocycles. The molecule has 0 amide bonds. The van der Waals surface area contributed by atoms with Crippen LogP contribution in [-0.2, 0) is 16.6 Å². The van der Waals surface area contributed by atoms with Gasteiger partial charge in [-0.2, -0.15) is 0 Å². The number of nitrogens with one attached hydrogen (secondary N) is 1. The molecule has 0 unspecified atom stereocenters. The SMILES string of the molecule is O=C(O)c1cc(Cl)ccc1S(=O)(=O)NC1CCN(Cc2ccc(F)c(F)c2)CC1. The van der Waals surface area contributed by atoms with Crippen LogP contribution in [0.5, 0.6) is 0 Å². The molecule has 1 heterocycles. The molecular formula is C19H19ClF2N2O4S. The molecule has 1 aliphatic heterocycles. The van der Waals surface area contributed by atoms with Gasteiger partial charge in [-0.05, 0) is 48.7 Å². The molecule has 10 heteroatoms. The third-order valence-corrected chi connectivity index (χ3v) is 6.57. The fourth-order valence-corrected chi connectivity index (χ4v) is 4.95. The van der Waals surface area contributed by atoms with Crippen molar-refractivity contribution >= 4 is 27.6 Å². The monoisotopic (exact) mass is 444 g/mol. The van der Waals surface area contributed by atoms with Crippen LogP contribution in [0.25, 0.3) is 0 Å². The number of nitrogens with zero attached hydrogens (tertiary/aromatic N) is 1. The third-order valence-electron chi connectivity index (χ3n) is 4.76. The summed E-state index contributed by atoms with van der Waals surface area (Å²) in [6.07, 6.45) is 0.998. The van der Waals surface area contributed by atoms with Gasteiger partial charge < -0.3 is 5.11 Å². The van der Waals surface area contributed by atoms with E-state index in [-0.39, 0.29) is 21.5 Å². The minimum absolute atomic E-state index is 0.131. The van der Waals surface area contributed by atoms with Crippen LogP contribution in [0, 0.1) is 11.6 Å². The Morgan fingerprint density at radius 3 is 2.45 bits per heavy atom. The number of likely N-dealkylation sites (tertiary alicyclic amines) is 1. The quantitative estimate of drug-likeness (QED) is 0.714. The van der Waals surface area contributed by atoms with Crippen LogP contribution in [0.15, 0.2) is 41.3 Å². The van der Waals surface area contributed by atoms with Crippen LogP contribution in [0.3, 0.4) is 0 Å². The normalized spacial score (nSPS) is 16.1. The Labute approximate surface area is 172 Å². The number of rotatable bonds is 6. The van der Waals surface area contributed by atoms with E-state index >= 15 is 0 Å². The van der Waals surface area contributed by atoms with Crippen LogP contribution >= 0.6 is 11.6 Å². The van der Waals surface area contributed by atoms with Gasteiger partial charge in [-0.1, -0.05) is 17.7 Å². The lowest BCUT2D eigenvalue weighted by molar-refractivity contribution is 0.0692. The molecule has 1 saturated heterocycles. The summed E-state index contributed by atoms with van der Waals surface area (Å²) in [6, 6.07) is 6.98. The highest BCUT2D eigenvalue weighted by Crippen LogP contribution is 2.23. The summed E-state index contributed by atoms with van der Waals surface area (Å²) < 4.78 is 54.3. The summed E-state index contributed by atoms with van der Waals surface area (Å²) >= 11 is 5.78. The second kappa shape index (κ2) is 8.74. The van der Waals surface area contributed by atoms with Crippen molar-refractivity contribution in [2.24, 2.45) is 0 Å². The molecule has 6 nitrogen and oxygen atoms in total. The summed E-state index contributed by atoms with van der Waals surface area (Å²) in [5, 5.41) is 9.39. The number of hydrogen-bond acceptors (Lipinski definition) is 4.